The molecule has 0 spiro atoms. The van der Waals surface area contributed by atoms with Crippen LogP contribution in [-0.4, -0.2) is 21.4 Å². The highest BCUT2D eigenvalue weighted by atomic mass is 16.3. The van der Waals surface area contributed by atoms with Gasteiger partial charge in [-0.1, -0.05) is 13.8 Å². The summed E-state index contributed by atoms with van der Waals surface area (Å²) in [4.78, 5) is 0. The van der Waals surface area contributed by atoms with Gasteiger partial charge in [0.1, 0.15) is 0 Å². The highest BCUT2D eigenvalue weighted by Crippen LogP contribution is 2.16. The van der Waals surface area contributed by atoms with Crippen LogP contribution in [0.25, 0.3) is 0 Å². The minimum atomic E-state index is -0.485. The van der Waals surface area contributed by atoms with Crippen molar-refractivity contribution in [1.82, 2.24) is 9.78 Å². The summed E-state index contributed by atoms with van der Waals surface area (Å²) >= 11 is 0. The van der Waals surface area contributed by atoms with E-state index in [4.69, 9.17) is 5.73 Å². The van der Waals surface area contributed by atoms with E-state index in [0.717, 1.165) is 12.2 Å². The Labute approximate surface area is 84.7 Å². The zero-order valence-corrected chi connectivity index (χ0v) is 8.85. The normalized spacial score (nSPS) is 13.5. The van der Waals surface area contributed by atoms with Gasteiger partial charge in [0, 0.05) is 12.7 Å². The lowest BCUT2D eigenvalue weighted by Gasteiger charge is -2.13. The minimum Gasteiger partial charge on any atom is -0.387 e. The molecule has 1 atom stereocenters. The molecule has 4 nitrogen and oxygen atoms in total. The largest absolute Gasteiger partial charge is 0.387 e. The van der Waals surface area contributed by atoms with E-state index < -0.39 is 6.10 Å². The van der Waals surface area contributed by atoms with Gasteiger partial charge in [0.05, 0.1) is 11.8 Å². The molecule has 0 aromatic carbocycles. The summed E-state index contributed by atoms with van der Waals surface area (Å²) in [5.74, 6) is 0.527. The van der Waals surface area contributed by atoms with Crippen molar-refractivity contribution in [2.75, 3.05) is 6.54 Å². The van der Waals surface area contributed by atoms with Crippen LogP contribution in [0.4, 0.5) is 0 Å². The molecule has 1 unspecified atom stereocenters. The van der Waals surface area contributed by atoms with Crippen LogP contribution in [0.1, 0.15) is 32.1 Å². The fourth-order valence-electron chi connectivity index (χ4n) is 1.43. The van der Waals surface area contributed by atoms with E-state index in [9.17, 15) is 5.11 Å². The SMILES string of the molecule is CC(C)Cn1nccc1C(O)CCN. The average Bonchev–Trinajstić information content (AvgIpc) is 2.51. The van der Waals surface area contributed by atoms with Crippen LogP contribution in [0.3, 0.4) is 0 Å². The molecule has 0 radical (unpaired) electrons. The highest BCUT2D eigenvalue weighted by molar-refractivity contribution is 5.04. The second-order valence-corrected chi connectivity index (χ2v) is 3.93. The Bertz CT molecular complexity index is 270. The maximum Gasteiger partial charge on any atom is 0.0968 e. The van der Waals surface area contributed by atoms with Crippen molar-refractivity contribution in [1.29, 1.82) is 0 Å². The number of nitrogens with zero attached hydrogens (tertiary/aromatic N) is 2. The number of hydrogen-bond acceptors (Lipinski definition) is 3. The Balaban J connectivity index is 2.70. The summed E-state index contributed by atoms with van der Waals surface area (Å²) in [6.45, 7) is 5.58. The van der Waals surface area contributed by atoms with E-state index in [1.54, 1.807) is 6.20 Å². The molecule has 1 rings (SSSR count). The molecule has 3 N–H and O–H groups in total. The summed E-state index contributed by atoms with van der Waals surface area (Å²) in [6, 6.07) is 1.85. The first kappa shape index (κ1) is 11.2. The molecule has 0 aliphatic rings. The fourth-order valence-corrected chi connectivity index (χ4v) is 1.43. The van der Waals surface area contributed by atoms with Gasteiger partial charge in [-0.3, -0.25) is 4.68 Å². The standard InChI is InChI=1S/C10H19N3O/c1-8(2)7-13-9(4-6-12-13)10(14)3-5-11/h4,6,8,10,14H,3,5,7,11H2,1-2H3. The van der Waals surface area contributed by atoms with Gasteiger partial charge in [-0.05, 0) is 24.9 Å². The van der Waals surface area contributed by atoms with E-state index >= 15 is 0 Å². The highest BCUT2D eigenvalue weighted by Gasteiger charge is 2.12. The molecule has 0 saturated carbocycles. The van der Waals surface area contributed by atoms with Gasteiger partial charge in [0.25, 0.3) is 0 Å². The van der Waals surface area contributed by atoms with Crippen molar-refractivity contribution >= 4 is 0 Å². The third-order valence-corrected chi connectivity index (χ3v) is 2.07. The quantitative estimate of drug-likeness (QED) is 0.737. The van der Waals surface area contributed by atoms with Crippen LogP contribution in [0, 0.1) is 5.92 Å². The first-order valence-corrected chi connectivity index (χ1v) is 5.05. The summed E-state index contributed by atoms with van der Waals surface area (Å²) in [5, 5.41) is 13.9. The first-order valence-electron chi connectivity index (χ1n) is 5.05. The van der Waals surface area contributed by atoms with Crippen molar-refractivity contribution in [2.45, 2.75) is 32.9 Å². The maximum atomic E-state index is 9.76. The molecule has 1 heterocycles. The first-order chi connectivity index (χ1) is 6.65. The third-order valence-electron chi connectivity index (χ3n) is 2.07. The second-order valence-electron chi connectivity index (χ2n) is 3.93. The summed E-state index contributed by atoms with van der Waals surface area (Å²) < 4.78 is 1.85. The van der Waals surface area contributed by atoms with Gasteiger partial charge in [-0.2, -0.15) is 5.10 Å². The van der Waals surface area contributed by atoms with Crippen molar-refractivity contribution in [3.05, 3.63) is 18.0 Å². The van der Waals surface area contributed by atoms with E-state index in [2.05, 4.69) is 18.9 Å². The average molecular weight is 197 g/mol. The zero-order chi connectivity index (χ0) is 10.6. The molecule has 1 aromatic heterocycles. The lowest BCUT2D eigenvalue weighted by molar-refractivity contribution is 0.157. The number of aromatic nitrogens is 2. The number of aliphatic hydroxyl groups is 1. The Hall–Kier alpha value is -0.870. The van der Waals surface area contributed by atoms with E-state index in [1.807, 2.05) is 10.7 Å². The van der Waals surface area contributed by atoms with Crippen LogP contribution >= 0.6 is 0 Å². The Kier molecular flexibility index (Phi) is 4.10. The lowest BCUT2D eigenvalue weighted by atomic mass is 10.1. The minimum absolute atomic E-state index is 0.485. The molecular weight excluding hydrogens is 178 g/mol. The second kappa shape index (κ2) is 5.12. The molecule has 0 fully saturated rings. The summed E-state index contributed by atoms with van der Waals surface area (Å²) in [7, 11) is 0. The molecule has 0 aliphatic carbocycles. The number of aliphatic hydroxyl groups excluding tert-OH is 1. The lowest BCUT2D eigenvalue weighted by Crippen LogP contribution is -2.15. The van der Waals surface area contributed by atoms with Gasteiger partial charge >= 0.3 is 0 Å². The van der Waals surface area contributed by atoms with Gasteiger partial charge in [0.2, 0.25) is 0 Å². The smallest absolute Gasteiger partial charge is 0.0968 e. The van der Waals surface area contributed by atoms with Crippen molar-refractivity contribution in [3.63, 3.8) is 0 Å². The molecule has 0 amide bonds. The Morgan fingerprint density at radius 2 is 2.29 bits per heavy atom. The van der Waals surface area contributed by atoms with Gasteiger partial charge in [-0.15, -0.1) is 0 Å². The molecule has 14 heavy (non-hydrogen) atoms. The van der Waals surface area contributed by atoms with Gasteiger partial charge in [-0.25, -0.2) is 0 Å². The summed E-state index contributed by atoms with van der Waals surface area (Å²) in [5.41, 5.74) is 6.26. The fraction of sp³-hybridized carbons (Fsp3) is 0.700. The molecular formula is C10H19N3O. The number of hydrogen-bond donors (Lipinski definition) is 2. The predicted octanol–water partition coefficient (Wildman–Crippen LogP) is 0.921. The zero-order valence-electron chi connectivity index (χ0n) is 8.85. The molecule has 0 aliphatic heterocycles. The van der Waals surface area contributed by atoms with Crippen molar-refractivity contribution in [2.24, 2.45) is 11.7 Å². The molecule has 1 aromatic rings. The van der Waals surface area contributed by atoms with E-state index in [1.165, 1.54) is 0 Å². The van der Waals surface area contributed by atoms with Crippen LogP contribution < -0.4 is 5.73 Å². The Morgan fingerprint density at radius 1 is 1.57 bits per heavy atom. The van der Waals surface area contributed by atoms with Crippen molar-refractivity contribution < 1.29 is 5.11 Å². The van der Waals surface area contributed by atoms with Gasteiger partial charge in [0.15, 0.2) is 0 Å². The maximum absolute atomic E-state index is 9.76. The monoisotopic (exact) mass is 197 g/mol. The van der Waals surface area contributed by atoms with Crippen molar-refractivity contribution in [3.8, 4) is 0 Å². The topological polar surface area (TPSA) is 64.1 Å². The van der Waals surface area contributed by atoms with Crippen LogP contribution in [0.2, 0.25) is 0 Å². The molecule has 4 heteroatoms. The van der Waals surface area contributed by atoms with E-state index in [-0.39, 0.29) is 0 Å². The van der Waals surface area contributed by atoms with Crippen LogP contribution in [0.15, 0.2) is 12.3 Å². The molecule has 0 bridgehead atoms. The molecule has 80 valence electrons. The third kappa shape index (κ3) is 2.82. The molecule has 0 saturated heterocycles. The predicted molar refractivity (Wildman–Crippen MR) is 55.7 cm³/mol. The Morgan fingerprint density at radius 3 is 2.86 bits per heavy atom. The number of rotatable bonds is 5. The number of nitrogens with two attached hydrogens (primary N) is 1. The van der Waals surface area contributed by atoms with E-state index in [0.29, 0.717) is 18.9 Å². The van der Waals surface area contributed by atoms with Gasteiger partial charge < -0.3 is 10.8 Å². The summed E-state index contributed by atoms with van der Waals surface area (Å²) in [6.07, 6.45) is 1.82. The van der Waals surface area contributed by atoms with Crippen LogP contribution in [-0.2, 0) is 6.54 Å². The van der Waals surface area contributed by atoms with Crippen LogP contribution in [0.5, 0.6) is 0 Å².